The van der Waals surface area contributed by atoms with E-state index in [0.29, 0.717) is 0 Å². The third-order valence-corrected chi connectivity index (χ3v) is 6.29. The maximum Gasteiger partial charge on any atom is 0.0783 e. The molecule has 30 heavy (non-hydrogen) atoms. The van der Waals surface area contributed by atoms with Crippen molar-refractivity contribution in [2.75, 3.05) is 0 Å². The van der Waals surface area contributed by atoms with Crippen molar-refractivity contribution in [2.45, 2.75) is 0 Å². The summed E-state index contributed by atoms with van der Waals surface area (Å²) in [5, 5.41) is 7.63. The number of nitrogens with one attached hydrogen (secondary N) is 1. The van der Waals surface area contributed by atoms with Gasteiger partial charge in [-0.05, 0) is 41.1 Å². The molecule has 2 heteroatoms. The van der Waals surface area contributed by atoms with Crippen molar-refractivity contribution in [3.63, 3.8) is 0 Å². The van der Waals surface area contributed by atoms with Gasteiger partial charge >= 0.3 is 0 Å². The van der Waals surface area contributed by atoms with Gasteiger partial charge in [-0.3, -0.25) is 0 Å². The van der Waals surface area contributed by atoms with Gasteiger partial charge in [-0.15, -0.1) is 0 Å². The Labute approximate surface area is 173 Å². The minimum absolute atomic E-state index is 1.18. The normalized spacial score (nSPS) is 12.0. The Morgan fingerprint density at radius 1 is 0.533 bits per heavy atom. The Kier molecular flexibility index (Phi) is 3.03. The lowest BCUT2D eigenvalue weighted by molar-refractivity contribution is 1.18. The molecule has 0 aliphatic heterocycles. The van der Waals surface area contributed by atoms with E-state index in [0.717, 1.165) is 0 Å². The van der Waals surface area contributed by atoms with Crippen molar-refractivity contribution in [1.82, 2.24) is 9.55 Å². The Morgan fingerprint density at radius 3 is 2.10 bits per heavy atom. The van der Waals surface area contributed by atoms with Crippen LogP contribution in [0.15, 0.2) is 103 Å². The van der Waals surface area contributed by atoms with Gasteiger partial charge in [-0.2, -0.15) is 0 Å². The minimum Gasteiger partial charge on any atom is -0.353 e. The number of fused-ring (bicyclic) bond motifs is 8. The highest BCUT2D eigenvalue weighted by molar-refractivity contribution is 6.23. The lowest BCUT2D eigenvalue weighted by Gasteiger charge is -2.09. The summed E-state index contributed by atoms with van der Waals surface area (Å²) in [4.78, 5) is 3.71. The zero-order valence-electron chi connectivity index (χ0n) is 16.3. The van der Waals surface area contributed by atoms with Crippen LogP contribution in [0.4, 0.5) is 0 Å². The molecule has 0 aliphatic rings. The lowest BCUT2D eigenvalue weighted by atomic mass is 10.1. The number of hydrogen-bond acceptors (Lipinski definition) is 0. The first kappa shape index (κ1) is 15.8. The van der Waals surface area contributed by atoms with Crippen molar-refractivity contribution in [3.05, 3.63) is 103 Å². The first-order chi connectivity index (χ1) is 14.9. The summed E-state index contributed by atoms with van der Waals surface area (Å²) in [6.45, 7) is 0. The number of H-pyrrole nitrogens is 1. The van der Waals surface area contributed by atoms with Crippen LogP contribution in [0, 0.1) is 0 Å². The van der Waals surface area contributed by atoms with E-state index in [1.54, 1.807) is 0 Å². The Balaban J connectivity index is 1.78. The van der Waals surface area contributed by atoms with Crippen LogP contribution in [0.1, 0.15) is 0 Å². The molecule has 0 fully saturated rings. The van der Waals surface area contributed by atoms with Crippen LogP contribution in [-0.4, -0.2) is 9.55 Å². The van der Waals surface area contributed by atoms with Crippen LogP contribution in [0.25, 0.3) is 60.1 Å². The molecule has 0 unspecified atom stereocenters. The monoisotopic (exact) mass is 382 g/mol. The third-order valence-electron chi connectivity index (χ3n) is 6.29. The van der Waals surface area contributed by atoms with Gasteiger partial charge < -0.3 is 9.55 Å². The fraction of sp³-hybridized carbons (Fsp3) is 0. The molecule has 140 valence electrons. The topological polar surface area (TPSA) is 20.7 Å². The second kappa shape index (κ2) is 5.74. The number of aromatic nitrogens is 2. The molecule has 0 amide bonds. The second-order valence-electron chi connectivity index (χ2n) is 7.94. The third kappa shape index (κ3) is 2.03. The number of para-hydroxylation sites is 2. The average molecular weight is 382 g/mol. The maximum atomic E-state index is 3.71. The molecule has 7 aromatic rings. The summed E-state index contributed by atoms with van der Waals surface area (Å²) in [5.74, 6) is 0. The van der Waals surface area contributed by atoms with Crippen molar-refractivity contribution < 1.29 is 0 Å². The maximum absolute atomic E-state index is 3.71. The molecule has 2 nitrogen and oxygen atoms in total. The number of aromatic amines is 1. The molecule has 0 aliphatic carbocycles. The van der Waals surface area contributed by atoms with Gasteiger partial charge in [0.2, 0.25) is 0 Å². The Morgan fingerprint density at radius 2 is 1.23 bits per heavy atom. The fourth-order valence-corrected chi connectivity index (χ4v) is 4.95. The van der Waals surface area contributed by atoms with Crippen LogP contribution in [0.2, 0.25) is 0 Å². The molecule has 0 saturated heterocycles. The van der Waals surface area contributed by atoms with Crippen LogP contribution in [0.5, 0.6) is 0 Å². The lowest BCUT2D eigenvalue weighted by Crippen LogP contribution is -1.94. The Bertz CT molecular complexity index is 1730. The van der Waals surface area contributed by atoms with E-state index in [9.17, 15) is 0 Å². The fourth-order valence-electron chi connectivity index (χ4n) is 4.95. The average Bonchev–Trinajstić information content (AvgIpc) is 3.33. The highest BCUT2D eigenvalue weighted by Crippen LogP contribution is 2.39. The molecule has 0 bridgehead atoms. The van der Waals surface area contributed by atoms with E-state index >= 15 is 0 Å². The summed E-state index contributed by atoms with van der Waals surface area (Å²) in [7, 11) is 0. The summed E-state index contributed by atoms with van der Waals surface area (Å²) < 4.78 is 2.41. The summed E-state index contributed by atoms with van der Waals surface area (Å²) in [6.07, 6.45) is 0. The molecule has 5 aromatic carbocycles. The molecule has 0 saturated carbocycles. The zero-order chi connectivity index (χ0) is 19.7. The summed E-state index contributed by atoms with van der Waals surface area (Å²) in [5.41, 5.74) is 6.02. The van der Waals surface area contributed by atoms with Crippen molar-refractivity contribution in [3.8, 4) is 5.69 Å². The molecular formula is C28H18N2. The van der Waals surface area contributed by atoms with Crippen molar-refractivity contribution >= 4 is 54.4 Å². The van der Waals surface area contributed by atoms with E-state index in [-0.39, 0.29) is 0 Å². The van der Waals surface area contributed by atoms with Gasteiger partial charge in [-0.25, -0.2) is 0 Å². The van der Waals surface area contributed by atoms with Crippen LogP contribution >= 0.6 is 0 Å². The standard InChI is InChI=1S/C28H18N2/c1-2-10-20(11-3-1)30-26-17-19-9-5-4-8-18(19)16-24(26)23-15-14-22-21-12-6-7-13-25(21)29-27(22)28(23)30/h1-17,29H. The molecule has 2 aromatic heterocycles. The predicted molar refractivity (Wildman–Crippen MR) is 128 cm³/mol. The van der Waals surface area contributed by atoms with E-state index in [1.165, 1.54) is 60.1 Å². The predicted octanol–water partition coefficient (Wildman–Crippen LogP) is 7.57. The smallest absolute Gasteiger partial charge is 0.0783 e. The first-order valence-corrected chi connectivity index (χ1v) is 10.3. The highest BCUT2D eigenvalue weighted by atomic mass is 15.0. The number of hydrogen-bond donors (Lipinski definition) is 1. The SMILES string of the molecule is c1ccc(-n2c3cc4ccccc4cc3c3ccc4c5ccccc5[nH]c4c32)cc1. The first-order valence-electron chi connectivity index (χ1n) is 10.3. The molecular weight excluding hydrogens is 364 g/mol. The van der Waals surface area contributed by atoms with Crippen LogP contribution in [-0.2, 0) is 0 Å². The minimum atomic E-state index is 1.18. The van der Waals surface area contributed by atoms with E-state index in [2.05, 4.69) is 113 Å². The van der Waals surface area contributed by atoms with Gasteiger partial charge in [0.1, 0.15) is 0 Å². The van der Waals surface area contributed by atoms with Gasteiger partial charge in [-0.1, -0.05) is 72.8 Å². The van der Waals surface area contributed by atoms with Gasteiger partial charge in [0.05, 0.1) is 16.6 Å². The highest BCUT2D eigenvalue weighted by Gasteiger charge is 2.17. The van der Waals surface area contributed by atoms with E-state index in [1.807, 2.05) is 0 Å². The van der Waals surface area contributed by atoms with Gasteiger partial charge in [0, 0.05) is 32.7 Å². The largest absolute Gasteiger partial charge is 0.353 e. The molecule has 0 spiro atoms. The van der Waals surface area contributed by atoms with Crippen molar-refractivity contribution in [2.24, 2.45) is 0 Å². The Hall–Kier alpha value is -4.04. The zero-order valence-corrected chi connectivity index (χ0v) is 16.3. The molecule has 2 heterocycles. The molecule has 1 N–H and O–H groups in total. The number of rotatable bonds is 1. The summed E-state index contributed by atoms with van der Waals surface area (Å²) in [6, 6.07) is 37.1. The molecule has 7 rings (SSSR count). The summed E-state index contributed by atoms with van der Waals surface area (Å²) >= 11 is 0. The van der Waals surface area contributed by atoms with Crippen molar-refractivity contribution in [1.29, 1.82) is 0 Å². The van der Waals surface area contributed by atoms with Crippen LogP contribution in [0.3, 0.4) is 0 Å². The van der Waals surface area contributed by atoms with E-state index < -0.39 is 0 Å². The van der Waals surface area contributed by atoms with Crippen LogP contribution < -0.4 is 0 Å². The van der Waals surface area contributed by atoms with E-state index in [4.69, 9.17) is 0 Å². The van der Waals surface area contributed by atoms with Gasteiger partial charge in [0.25, 0.3) is 0 Å². The number of nitrogens with zero attached hydrogens (tertiary/aromatic N) is 1. The number of benzene rings is 5. The quantitative estimate of drug-likeness (QED) is 0.302. The molecule has 0 radical (unpaired) electrons. The molecule has 0 atom stereocenters. The second-order valence-corrected chi connectivity index (χ2v) is 7.94. The van der Waals surface area contributed by atoms with Gasteiger partial charge in [0.15, 0.2) is 0 Å².